The number of carbonyl (C=O) groups excluding carboxylic acids is 2. The van der Waals surface area contributed by atoms with Gasteiger partial charge in [0.05, 0.1) is 14.2 Å². The van der Waals surface area contributed by atoms with Crippen molar-refractivity contribution < 1.29 is 19.1 Å². The number of hydrogen-bond acceptors (Lipinski definition) is 5. The maximum Gasteiger partial charge on any atom is 0.254 e. The van der Waals surface area contributed by atoms with Crippen LogP contribution in [0.4, 0.5) is 5.69 Å². The van der Waals surface area contributed by atoms with Gasteiger partial charge in [-0.05, 0) is 73.6 Å². The van der Waals surface area contributed by atoms with Gasteiger partial charge in [-0.15, -0.1) is 0 Å². The van der Waals surface area contributed by atoms with E-state index >= 15 is 0 Å². The number of benzene rings is 3. The molecule has 0 saturated heterocycles. The van der Waals surface area contributed by atoms with Crippen LogP contribution in [0.3, 0.4) is 0 Å². The van der Waals surface area contributed by atoms with Gasteiger partial charge in [-0.25, -0.2) is 0 Å². The van der Waals surface area contributed by atoms with Crippen molar-refractivity contribution in [2.45, 2.75) is 51.9 Å². The van der Waals surface area contributed by atoms with Gasteiger partial charge in [0.2, 0.25) is 0 Å². The molecule has 3 aromatic carbocycles. The summed E-state index contributed by atoms with van der Waals surface area (Å²) in [4.78, 5) is 27.8. The fraction of sp³-hybridized carbons (Fsp3) is 0.294. The molecule has 0 radical (unpaired) electrons. The number of methoxy groups -OCH3 is 2. The van der Waals surface area contributed by atoms with Crippen LogP contribution < -0.4 is 20.1 Å². The molecule has 0 spiro atoms. The number of hydrogen-bond donors (Lipinski definition) is 2. The Hall–Kier alpha value is -4.32. The third kappa shape index (κ3) is 5.26. The number of nitrogens with one attached hydrogen (secondary N) is 2. The minimum atomic E-state index is -0.452. The molecular formula is C34H36N2O4. The summed E-state index contributed by atoms with van der Waals surface area (Å²) in [5.74, 6) is 0.668. The molecule has 2 aliphatic rings. The number of Topliss-reactive ketones (excluding diaryl/α,β-unsaturated/α-hetero) is 1. The molecule has 0 fully saturated rings. The van der Waals surface area contributed by atoms with Gasteiger partial charge in [-0.3, -0.25) is 9.59 Å². The fourth-order valence-corrected chi connectivity index (χ4v) is 5.80. The van der Waals surface area contributed by atoms with Crippen molar-refractivity contribution >= 4 is 17.4 Å². The van der Waals surface area contributed by atoms with Crippen molar-refractivity contribution in [3.63, 3.8) is 0 Å². The van der Waals surface area contributed by atoms with Crippen LogP contribution in [-0.4, -0.2) is 25.9 Å². The Kier molecular flexibility index (Phi) is 7.78. The molecular weight excluding hydrogens is 500 g/mol. The molecule has 1 heterocycles. The highest BCUT2D eigenvalue weighted by molar-refractivity contribution is 6.10. The minimum absolute atomic E-state index is 0.0163. The van der Waals surface area contributed by atoms with Crippen LogP contribution in [0.5, 0.6) is 11.5 Å². The first-order valence-corrected chi connectivity index (χ1v) is 13.8. The van der Waals surface area contributed by atoms with Gasteiger partial charge >= 0.3 is 0 Å². The number of ketones is 1. The van der Waals surface area contributed by atoms with Crippen LogP contribution in [-0.2, 0) is 16.0 Å². The molecule has 2 atom stereocenters. The van der Waals surface area contributed by atoms with Crippen LogP contribution in [0.25, 0.3) is 0 Å². The number of anilines is 1. The molecule has 6 heteroatoms. The van der Waals surface area contributed by atoms with E-state index < -0.39 is 5.92 Å². The fourth-order valence-electron chi connectivity index (χ4n) is 5.80. The third-order valence-corrected chi connectivity index (χ3v) is 7.98. The average molecular weight is 537 g/mol. The van der Waals surface area contributed by atoms with E-state index in [9.17, 15) is 9.59 Å². The lowest BCUT2D eigenvalue weighted by Crippen LogP contribution is -2.37. The molecule has 6 nitrogen and oxygen atoms in total. The summed E-state index contributed by atoms with van der Waals surface area (Å²) >= 11 is 0. The van der Waals surface area contributed by atoms with Crippen LogP contribution in [0.15, 0.2) is 89.3 Å². The van der Waals surface area contributed by atoms with Crippen molar-refractivity contribution in [1.29, 1.82) is 0 Å². The molecule has 1 amide bonds. The summed E-state index contributed by atoms with van der Waals surface area (Å²) in [7, 11) is 3.22. The highest BCUT2D eigenvalue weighted by Gasteiger charge is 2.41. The molecule has 0 aromatic heterocycles. The van der Waals surface area contributed by atoms with Crippen molar-refractivity contribution in [3.8, 4) is 11.5 Å². The molecule has 0 unspecified atom stereocenters. The lowest BCUT2D eigenvalue weighted by molar-refractivity contribution is -0.116. The monoisotopic (exact) mass is 536 g/mol. The van der Waals surface area contributed by atoms with E-state index in [1.54, 1.807) is 14.2 Å². The number of rotatable bonds is 7. The highest BCUT2D eigenvalue weighted by atomic mass is 16.5. The normalized spacial score (nSPS) is 18.7. The molecule has 3 aromatic rings. The molecule has 40 heavy (non-hydrogen) atoms. The molecule has 1 aliphatic heterocycles. The van der Waals surface area contributed by atoms with Gasteiger partial charge in [0.15, 0.2) is 17.3 Å². The number of amides is 1. The minimum Gasteiger partial charge on any atom is -0.493 e. The molecule has 1 aliphatic carbocycles. The van der Waals surface area contributed by atoms with Crippen molar-refractivity contribution in [3.05, 3.63) is 112 Å². The summed E-state index contributed by atoms with van der Waals surface area (Å²) in [6.45, 7) is 6.05. The molecule has 206 valence electrons. The Morgan fingerprint density at radius 3 is 2.23 bits per heavy atom. The SMILES string of the molecule is CCc1ccc([C@H]2C(C(=O)Nc3ccc(C)cc3)=C(C)NC3=C2C(=O)C[C@@H](c2ccc(OC)c(OC)c2)C3)cc1. The van der Waals surface area contributed by atoms with E-state index in [-0.39, 0.29) is 17.6 Å². The van der Waals surface area contributed by atoms with Gasteiger partial charge < -0.3 is 20.1 Å². The van der Waals surface area contributed by atoms with Gasteiger partial charge in [-0.2, -0.15) is 0 Å². The molecule has 0 bridgehead atoms. The summed E-state index contributed by atoms with van der Waals surface area (Å²) in [6.07, 6.45) is 1.93. The van der Waals surface area contributed by atoms with Gasteiger partial charge in [0.25, 0.3) is 5.91 Å². The smallest absolute Gasteiger partial charge is 0.254 e. The van der Waals surface area contributed by atoms with E-state index in [0.29, 0.717) is 35.5 Å². The molecule has 5 rings (SSSR count). The van der Waals surface area contributed by atoms with Crippen molar-refractivity contribution in [2.24, 2.45) is 0 Å². The van der Waals surface area contributed by atoms with E-state index in [1.165, 1.54) is 5.56 Å². The van der Waals surface area contributed by atoms with Gasteiger partial charge in [0, 0.05) is 40.6 Å². The average Bonchev–Trinajstić information content (AvgIpc) is 2.97. The zero-order valence-electron chi connectivity index (χ0n) is 23.8. The zero-order chi connectivity index (χ0) is 28.4. The summed E-state index contributed by atoms with van der Waals surface area (Å²) in [5, 5.41) is 6.53. The Morgan fingerprint density at radius 2 is 1.57 bits per heavy atom. The Balaban J connectivity index is 1.54. The first-order valence-electron chi connectivity index (χ1n) is 13.8. The standard InChI is InChI=1S/C34H36N2O4/c1-6-22-9-11-23(12-10-22)32-31(34(38)36-26-14-7-20(2)8-15-26)21(3)35-27-17-25(18-28(37)33(27)32)24-13-16-29(39-4)30(19-24)40-5/h7-16,19,25,32,35H,6,17-18H2,1-5H3,(H,36,38)/t25-,32-/m0/s1. The van der Waals surface area contributed by atoms with Crippen LogP contribution in [0, 0.1) is 6.92 Å². The second-order valence-corrected chi connectivity index (χ2v) is 10.5. The number of aryl methyl sites for hydroxylation is 2. The van der Waals surface area contributed by atoms with E-state index in [4.69, 9.17) is 9.47 Å². The first kappa shape index (κ1) is 27.3. The third-order valence-electron chi connectivity index (χ3n) is 7.98. The second-order valence-electron chi connectivity index (χ2n) is 10.5. The zero-order valence-corrected chi connectivity index (χ0v) is 23.8. The topological polar surface area (TPSA) is 76.7 Å². The van der Waals surface area contributed by atoms with E-state index in [2.05, 4.69) is 41.8 Å². The van der Waals surface area contributed by atoms with Crippen LogP contribution >= 0.6 is 0 Å². The Morgan fingerprint density at radius 1 is 0.900 bits per heavy atom. The largest absolute Gasteiger partial charge is 0.493 e. The number of dihydropyridines is 1. The summed E-state index contributed by atoms with van der Waals surface area (Å²) < 4.78 is 10.9. The van der Waals surface area contributed by atoms with Crippen LogP contribution in [0.1, 0.15) is 60.8 Å². The van der Waals surface area contributed by atoms with Crippen LogP contribution in [0.2, 0.25) is 0 Å². The first-order chi connectivity index (χ1) is 19.3. The Labute approximate surface area is 236 Å². The predicted octanol–water partition coefficient (Wildman–Crippen LogP) is 6.57. The lowest BCUT2D eigenvalue weighted by Gasteiger charge is -2.37. The lowest BCUT2D eigenvalue weighted by atomic mass is 9.71. The Bertz CT molecular complexity index is 1500. The second kappa shape index (κ2) is 11.4. The van der Waals surface area contributed by atoms with Crippen molar-refractivity contribution in [1.82, 2.24) is 5.32 Å². The van der Waals surface area contributed by atoms with Gasteiger partial charge in [-0.1, -0.05) is 55.0 Å². The summed E-state index contributed by atoms with van der Waals surface area (Å²) in [6, 6.07) is 21.8. The van der Waals surface area contributed by atoms with E-state index in [0.717, 1.165) is 40.2 Å². The maximum atomic E-state index is 14.0. The van der Waals surface area contributed by atoms with Gasteiger partial charge in [0.1, 0.15) is 0 Å². The number of carbonyl (C=O) groups is 2. The van der Waals surface area contributed by atoms with Crippen molar-refractivity contribution in [2.75, 3.05) is 19.5 Å². The van der Waals surface area contributed by atoms with E-state index in [1.807, 2.05) is 56.3 Å². The number of ether oxygens (including phenoxy) is 2. The molecule has 0 saturated carbocycles. The highest BCUT2D eigenvalue weighted by Crippen LogP contribution is 2.46. The maximum absolute atomic E-state index is 14.0. The quantitative estimate of drug-likeness (QED) is 0.357. The number of allylic oxidation sites excluding steroid dienone is 3. The summed E-state index contributed by atoms with van der Waals surface area (Å²) in [5.41, 5.74) is 7.90. The predicted molar refractivity (Wildman–Crippen MR) is 158 cm³/mol. The molecule has 2 N–H and O–H groups in total.